The van der Waals surface area contributed by atoms with Crippen molar-refractivity contribution in [2.24, 2.45) is 0 Å². The number of rotatable bonds is 6. The highest BCUT2D eigenvalue weighted by Crippen LogP contribution is 2.28. The molecule has 1 aromatic heterocycles. The van der Waals surface area contributed by atoms with E-state index in [1.807, 2.05) is 30.3 Å². The molecule has 2 aromatic rings. The molecule has 0 amide bonds. The highest BCUT2D eigenvalue weighted by Gasteiger charge is 2.05. The van der Waals surface area contributed by atoms with E-state index in [4.69, 9.17) is 27.9 Å². The molecule has 1 heterocycles. The van der Waals surface area contributed by atoms with E-state index in [-0.39, 0.29) is 0 Å². The third-order valence-electron chi connectivity index (χ3n) is 2.71. The van der Waals surface area contributed by atoms with E-state index in [2.05, 4.69) is 19.2 Å². The van der Waals surface area contributed by atoms with Crippen LogP contribution in [0.3, 0.4) is 0 Å². The lowest BCUT2D eigenvalue weighted by Crippen LogP contribution is -2.21. The first kappa shape index (κ1) is 15.6. The number of nitrogens with one attached hydrogen (secondary N) is 1. The monoisotopic (exact) mass is 329 g/mol. The highest BCUT2D eigenvalue weighted by molar-refractivity contribution is 7.16. The average Bonchev–Trinajstić information content (AvgIpc) is 2.81. The third-order valence-corrected chi connectivity index (χ3v) is 4.21. The summed E-state index contributed by atoms with van der Waals surface area (Å²) in [6.07, 6.45) is 0. The van der Waals surface area contributed by atoms with E-state index in [0.717, 1.165) is 21.3 Å². The molecule has 20 heavy (non-hydrogen) atoms. The lowest BCUT2D eigenvalue weighted by Gasteiger charge is -2.11. The van der Waals surface area contributed by atoms with Crippen molar-refractivity contribution in [1.29, 1.82) is 0 Å². The quantitative estimate of drug-likeness (QED) is 0.792. The van der Waals surface area contributed by atoms with Crippen LogP contribution in [0.4, 0.5) is 0 Å². The maximum atomic E-state index is 6.24. The van der Waals surface area contributed by atoms with E-state index >= 15 is 0 Å². The molecule has 2 nitrogen and oxygen atoms in total. The van der Waals surface area contributed by atoms with Crippen LogP contribution in [0.1, 0.15) is 24.3 Å². The SMILES string of the molecule is CC(C)NCc1ccc(OCc2ccc(Cl)s2)c(Cl)c1. The van der Waals surface area contributed by atoms with Gasteiger partial charge in [0.25, 0.3) is 0 Å². The van der Waals surface area contributed by atoms with Gasteiger partial charge in [-0.3, -0.25) is 0 Å². The summed E-state index contributed by atoms with van der Waals surface area (Å²) < 4.78 is 6.48. The molecule has 1 N–H and O–H groups in total. The first-order chi connectivity index (χ1) is 9.54. The zero-order valence-electron chi connectivity index (χ0n) is 11.5. The molecular weight excluding hydrogens is 313 g/mol. The Bertz CT molecular complexity index is 569. The predicted octanol–water partition coefficient (Wildman–Crippen LogP) is 5.13. The zero-order valence-corrected chi connectivity index (χ0v) is 13.8. The number of benzene rings is 1. The van der Waals surface area contributed by atoms with Gasteiger partial charge in [0.2, 0.25) is 0 Å². The first-order valence-corrected chi connectivity index (χ1v) is 8.00. The van der Waals surface area contributed by atoms with Crippen LogP contribution < -0.4 is 10.1 Å². The molecule has 0 aliphatic heterocycles. The summed E-state index contributed by atoms with van der Waals surface area (Å²) in [5.74, 6) is 0.699. The van der Waals surface area contributed by atoms with Crippen molar-refractivity contribution in [3.63, 3.8) is 0 Å². The molecule has 0 saturated carbocycles. The van der Waals surface area contributed by atoms with Crippen molar-refractivity contribution >= 4 is 34.5 Å². The van der Waals surface area contributed by atoms with E-state index in [1.165, 1.54) is 11.3 Å². The van der Waals surface area contributed by atoms with Crippen LogP contribution in [0, 0.1) is 0 Å². The Morgan fingerprint density at radius 2 is 2.00 bits per heavy atom. The molecule has 0 fully saturated rings. The molecule has 1 aromatic carbocycles. The maximum Gasteiger partial charge on any atom is 0.138 e. The van der Waals surface area contributed by atoms with Gasteiger partial charge in [0.1, 0.15) is 12.4 Å². The fourth-order valence-electron chi connectivity index (χ4n) is 1.67. The Morgan fingerprint density at radius 1 is 1.20 bits per heavy atom. The molecule has 0 unspecified atom stereocenters. The lowest BCUT2D eigenvalue weighted by molar-refractivity contribution is 0.310. The summed E-state index contributed by atoms with van der Waals surface area (Å²) in [5, 5.41) is 3.99. The van der Waals surface area contributed by atoms with Crippen LogP contribution in [0.2, 0.25) is 9.36 Å². The van der Waals surface area contributed by atoms with Crippen molar-refractivity contribution in [2.45, 2.75) is 33.0 Å². The molecule has 5 heteroatoms. The molecule has 2 rings (SSSR count). The Hall–Kier alpha value is -0.740. The molecular formula is C15H17Cl2NOS. The van der Waals surface area contributed by atoms with Gasteiger partial charge in [-0.2, -0.15) is 0 Å². The van der Waals surface area contributed by atoms with Crippen LogP contribution in [-0.2, 0) is 13.2 Å². The van der Waals surface area contributed by atoms with Crippen molar-refractivity contribution < 1.29 is 4.74 Å². The van der Waals surface area contributed by atoms with Gasteiger partial charge >= 0.3 is 0 Å². The van der Waals surface area contributed by atoms with Gasteiger partial charge in [-0.05, 0) is 29.8 Å². The minimum Gasteiger partial charge on any atom is -0.487 e. The zero-order chi connectivity index (χ0) is 14.5. The highest BCUT2D eigenvalue weighted by atomic mass is 35.5. The van der Waals surface area contributed by atoms with Gasteiger partial charge in [0.05, 0.1) is 9.36 Å². The Labute approximate surface area is 133 Å². The van der Waals surface area contributed by atoms with Crippen LogP contribution in [0.5, 0.6) is 5.75 Å². The number of ether oxygens (including phenoxy) is 1. The van der Waals surface area contributed by atoms with Crippen molar-refractivity contribution in [3.8, 4) is 5.75 Å². The van der Waals surface area contributed by atoms with Crippen molar-refractivity contribution in [1.82, 2.24) is 5.32 Å². The van der Waals surface area contributed by atoms with Crippen molar-refractivity contribution in [2.75, 3.05) is 0 Å². The van der Waals surface area contributed by atoms with Crippen LogP contribution in [-0.4, -0.2) is 6.04 Å². The van der Waals surface area contributed by atoms with Gasteiger partial charge in [0, 0.05) is 17.5 Å². The molecule has 0 saturated heterocycles. The first-order valence-electron chi connectivity index (χ1n) is 6.43. The predicted molar refractivity (Wildman–Crippen MR) is 87.1 cm³/mol. The molecule has 0 radical (unpaired) electrons. The van der Waals surface area contributed by atoms with E-state index < -0.39 is 0 Å². The Morgan fingerprint density at radius 3 is 2.60 bits per heavy atom. The lowest BCUT2D eigenvalue weighted by atomic mass is 10.2. The minimum absolute atomic E-state index is 0.452. The topological polar surface area (TPSA) is 21.3 Å². The molecule has 0 bridgehead atoms. The maximum absolute atomic E-state index is 6.24. The fourth-order valence-corrected chi connectivity index (χ4v) is 2.93. The van der Waals surface area contributed by atoms with Crippen molar-refractivity contribution in [3.05, 3.63) is 50.1 Å². The average molecular weight is 330 g/mol. The molecule has 0 spiro atoms. The Balaban J connectivity index is 1.95. The fraction of sp³-hybridized carbons (Fsp3) is 0.333. The summed E-state index contributed by atoms with van der Waals surface area (Å²) in [7, 11) is 0. The van der Waals surface area contributed by atoms with Crippen LogP contribution in [0.25, 0.3) is 0 Å². The second-order valence-corrected chi connectivity index (χ2v) is 7.00. The Kier molecular flexibility index (Phi) is 5.73. The molecule has 108 valence electrons. The standard InChI is InChI=1S/C15H17Cl2NOS/c1-10(2)18-8-11-3-5-14(13(16)7-11)19-9-12-4-6-15(17)20-12/h3-7,10,18H,8-9H2,1-2H3. The smallest absolute Gasteiger partial charge is 0.138 e. The van der Waals surface area contributed by atoms with E-state index in [0.29, 0.717) is 23.4 Å². The third kappa shape index (κ3) is 4.67. The van der Waals surface area contributed by atoms with Gasteiger partial charge in [-0.15, -0.1) is 11.3 Å². The number of hydrogen-bond donors (Lipinski definition) is 1. The summed E-state index contributed by atoms with van der Waals surface area (Å²) >= 11 is 13.6. The number of hydrogen-bond acceptors (Lipinski definition) is 3. The molecule has 0 aliphatic rings. The van der Waals surface area contributed by atoms with Gasteiger partial charge in [-0.25, -0.2) is 0 Å². The van der Waals surface area contributed by atoms with Gasteiger partial charge in [0.15, 0.2) is 0 Å². The summed E-state index contributed by atoms with van der Waals surface area (Å²) in [4.78, 5) is 1.08. The van der Waals surface area contributed by atoms with Gasteiger partial charge < -0.3 is 10.1 Å². The second-order valence-electron chi connectivity index (χ2n) is 4.79. The number of thiophene rings is 1. The summed E-state index contributed by atoms with van der Waals surface area (Å²) in [6.45, 7) is 5.52. The minimum atomic E-state index is 0.452. The van der Waals surface area contributed by atoms with E-state index in [9.17, 15) is 0 Å². The molecule has 0 atom stereocenters. The van der Waals surface area contributed by atoms with Crippen LogP contribution in [0.15, 0.2) is 30.3 Å². The number of halogens is 2. The van der Waals surface area contributed by atoms with Crippen LogP contribution >= 0.6 is 34.5 Å². The summed E-state index contributed by atoms with van der Waals surface area (Å²) in [6, 6.07) is 10.2. The molecule has 0 aliphatic carbocycles. The largest absolute Gasteiger partial charge is 0.487 e. The van der Waals surface area contributed by atoms with E-state index in [1.54, 1.807) is 0 Å². The second kappa shape index (κ2) is 7.32. The summed E-state index contributed by atoms with van der Waals surface area (Å²) in [5.41, 5.74) is 1.15. The normalized spacial score (nSPS) is 11.1. The van der Waals surface area contributed by atoms with Gasteiger partial charge in [-0.1, -0.05) is 43.1 Å².